The van der Waals surface area contributed by atoms with Crippen molar-refractivity contribution in [3.8, 4) is 44.5 Å². The lowest BCUT2D eigenvalue weighted by Crippen LogP contribution is -2.26. The molecule has 0 fully saturated rings. The second-order valence-electron chi connectivity index (χ2n) is 27.0. The zero-order chi connectivity index (χ0) is 60.9. The molecule has 1 N–H and O–H groups in total. The fourth-order valence-electron chi connectivity index (χ4n) is 15.9. The summed E-state index contributed by atoms with van der Waals surface area (Å²) in [6, 6.07) is 81.8. The van der Waals surface area contributed by atoms with E-state index in [2.05, 4.69) is 271 Å². The summed E-state index contributed by atoms with van der Waals surface area (Å²) in [6.45, 7) is 16.4. The van der Waals surface area contributed by atoms with Crippen LogP contribution in [0.15, 0.2) is 212 Å². The van der Waals surface area contributed by atoms with Crippen LogP contribution in [0.3, 0.4) is 0 Å². The van der Waals surface area contributed by atoms with Gasteiger partial charge in [0.1, 0.15) is 0 Å². The van der Waals surface area contributed by atoms with Crippen LogP contribution in [0.25, 0.3) is 44.5 Å². The molecule has 9 aromatic rings. The van der Waals surface area contributed by atoms with E-state index in [1.165, 1.54) is 212 Å². The van der Waals surface area contributed by atoms with E-state index in [1.54, 1.807) is 5.56 Å². The Morgan fingerprint density at radius 1 is 0.341 bits per heavy atom. The molecule has 2 nitrogen and oxygen atoms in total. The van der Waals surface area contributed by atoms with Crippen molar-refractivity contribution in [2.75, 3.05) is 10.2 Å². The minimum atomic E-state index is -0.0691. The number of benzene rings is 9. The summed E-state index contributed by atoms with van der Waals surface area (Å²) < 4.78 is 0. The van der Waals surface area contributed by atoms with Crippen LogP contribution in [0.1, 0.15) is 217 Å². The smallest absolute Gasteiger partial charge is 0.0465 e. The predicted octanol–water partition coefficient (Wildman–Crippen LogP) is 26.0. The average molecular weight is 1160 g/mol. The first-order valence-electron chi connectivity index (χ1n) is 34.7. The van der Waals surface area contributed by atoms with Crippen molar-refractivity contribution < 1.29 is 0 Å². The van der Waals surface area contributed by atoms with Crippen molar-refractivity contribution >= 4 is 28.4 Å². The van der Waals surface area contributed by atoms with E-state index in [0.29, 0.717) is 5.92 Å². The number of rotatable bonds is 31. The Bertz CT molecular complexity index is 3640. The molecule has 0 heterocycles. The Hall–Kier alpha value is -7.42. The number of hydrogen-bond acceptors (Lipinski definition) is 2. The van der Waals surface area contributed by atoms with Crippen LogP contribution in [-0.4, -0.2) is 0 Å². The van der Waals surface area contributed by atoms with Crippen LogP contribution in [0.5, 0.6) is 0 Å². The quantitative estimate of drug-likeness (QED) is 0.0436. The van der Waals surface area contributed by atoms with Gasteiger partial charge in [-0.2, -0.15) is 0 Å². The lowest BCUT2D eigenvalue weighted by atomic mass is 9.70. The van der Waals surface area contributed by atoms with E-state index in [4.69, 9.17) is 0 Å². The number of nitrogens with zero attached hydrogens (tertiary/aromatic N) is 1. The summed E-state index contributed by atoms with van der Waals surface area (Å²) in [4.78, 5) is 2.52. The first-order chi connectivity index (χ1) is 43.1. The van der Waals surface area contributed by atoms with Gasteiger partial charge in [0.05, 0.1) is 0 Å². The first kappa shape index (κ1) is 62.2. The van der Waals surface area contributed by atoms with Crippen LogP contribution >= 0.6 is 0 Å². The van der Waals surface area contributed by atoms with Crippen LogP contribution in [0.4, 0.5) is 28.4 Å². The summed E-state index contributed by atoms with van der Waals surface area (Å²) in [5.41, 5.74) is 25.2. The molecule has 0 bridgehead atoms. The lowest BCUT2D eigenvalue weighted by molar-refractivity contribution is 0.401. The molecule has 9 aromatic carbocycles. The van der Waals surface area contributed by atoms with Gasteiger partial charge in [0.25, 0.3) is 0 Å². The van der Waals surface area contributed by atoms with E-state index in [9.17, 15) is 0 Å². The van der Waals surface area contributed by atoms with Crippen molar-refractivity contribution in [2.24, 2.45) is 5.92 Å². The largest absolute Gasteiger partial charge is 0.356 e. The standard InChI is InChI=1S/C86H100N2/c1-8-12-16-27-57-85(58-28-17-13-9-2)80-35-25-23-33-76(80)78-55-49-72(61-82(78)85)87-71-47-39-66(40-48-71)68-43-52-74(53-44-68)88(73-50-41-67(42-51-73)65-37-45-70(46-38-65)84(7,63-64(5)6)69-31-21-20-22-32-69)75-54-56-79-77-34-24-26-36-81(77)86(83(79)62-75,59-29-18-14-10-3)60-30-19-15-11-4/h20-26,31-56,61-62,64,87H,8-19,27-30,57-60,63H2,1-7H3. The summed E-state index contributed by atoms with van der Waals surface area (Å²) in [6.07, 6.45) is 26.3. The molecule has 0 aliphatic heterocycles. The third-order valence-electron chi connectivity index (χ3n) is 20.4. The van der Waals surface area contributed by atoms with Gasteiger partial charge in [-0.1, -0.05) is 303 Å². The molecular formula is C86H100N2. The summed E-state index contributed by atoms with van der Waals surface area (Å²) in [5, 5.41) is 3.88. The maximum atomic E-state index is 3.88. The Kier molecular flexibility index (Phi) is 20.4. The molecule has 0 saturated carbocycles. The number of fused-ring (bicyclic) bond motifs is 6. The summed E-state index contributed by atoms with van der Waals surface area (Å²) >= 11 is 0. The summed E-state index contributed by atoms with van der Waals surface area (Å²) in [7, 11) is 0. The van der Waals surface area contributed by atoms with E-state index in [-0.39, 0.29) is 16.2 Å². The molecule has 88 heavy (non-hydrogen) atoms. The van der Waals surface area contributed by atoms with Gasteiger partial charge in [-0.15, -0.1) is 0 Å². The highest BCUT2D eigenvalue weighted by Crippen LogP contribution is 2.57. The van der Waals surface area contributed by atoms with Crippen LogP contribution < -0.4 is 10.2 Å². The second-order valence-corrected chi connectivity index (χ2v) is 27.0. The highest BCUT2D eigenvalue weighted by Gasteiger charge is 2.44. The molecule has 2 heteroatoms. The van der Waals surface area contributed by atoms with Gasteiger partial charge in [-0.05, 0) is 177 Å². The fraction of sp³-hybridized carbons (Fsp3) is 0.372. The highest BCUT2D eigenvalue weighted by molar-refractivity contribution is 5.87. The molecule has 0 radical (unpaired) electrons. The molecule has 1 unspecified atom stereocenters. The molecule has 0 spiro atoms. The third kappa shape index (κ3) is 13.2. The Morgan fingerprint density at radius 3 is 1.16 bits per heavy atom. The minimum absolute atomic E-state index is 0.0134. The van der Waals surface area contributed by atoms with E-state index < -0.39 is 0 Å². The van der Waals surface area contributed by atoms with E-state index >= 15 is 0 Å². The number of nitrogens with one attached hydrogen (secondary N) is 1. The first-order valence-corrected chi connectivity index (χ1v) is 34.7. The van der Waals surface area contributed by atoms with Crippen molar-refractivity contribution in [2.45, 2.75) is 200 Å². The Balaban J connectivity index is 0.911. The topological polar surface area (TPSA) is 15.3 Å². The van der Waals surface area contributed by atoms with Gasteiger partial charge in [-0.25, -0.2) is 0 Å². The van der Waals surface area contributed by atoms with Crippen molar-refractivity contribution in [1.82, 2.24) is 0 Å². The highest BCUT2D eigenvalue weighted by atomic mass is 15.1. The van der Waals surface area contributed by atoms with Crippen molar-refractivity contribution in [3.05, 3.63) is 246 Å². The van der Waals surface area contributed by atoms with Gasteiger partial charge >= 0.3 is 0 Å². The molecule has 11 rings (SSSR count). The lowest BCUT2D eigenvalue weighted by Gasteiger charge is -2.34. The number of anilines is 5. The zero-order valence-electron chi connectivity index (χ0n) is 54.6. The Labute approximate surface area is 531 Å². The second kappa shape index (κ2) is 28.8. The third-order valence-corrected chi connectivity index (χ3v) is 20.4. The monoisotopic (exact) mass is 1160 g/mol. The predicted molar refractivity (Wildman–Crippen MR) is 382 cm³/mol. The number of unbranched alkanes of at least 4 members (excludes halogenated alkanes) is 12. The van der Waals surface area contributed by atoms with Crippen molar-refractivity contribution in [3.63, 3.8) is 0 Å². The molecule has 0 amide bonds. The van der Waals surface area contributed by atoms with Gasteiger partial charge in [0, 0.05) is 44.7 Å². The molecule has 2 aliphatic carbocycles. The number of hydrogen-bond donors (Lipinski definition) is 1. The Morgan fingerprint density at radius 2 is 0.705 bits per heavy atom. The average Bonchev–Trinajstić information content (AvgIpc) is 1.61. The van der Waals surface area contributed by atoms with Crippen LogP contribution in [0.2, 0.25) is 0 Å². The van der Waals surface area contributed by atoms with Gasteiger partial charge in [-0.3, -0.25) is 0 Å². The van der Waals surface area contributed by atoms with Gasteiger partial charge in [0.2, 0.25) is 0 Å². The minimum Gasteiger partial charge on any atom is -0.356 e. The molecular weight excluding hydrogens is 1060 g/mol. The van der Waals surface area contributed by atoms with Crippen LogP contribution in [-0.2, 0) is 16.2 Å². The molecule has 2 aliphatic rings. The maximum Gasteiger partial charge on any atom is 0.0465 e. The molecule has 1 atom stereocenters. The molecule has 454 valence electrons. The van der Waals surface area contributed by atoms with Crippen molar-refractivity contribution in [1.29, 1.82) is 0 Å². The normalized spacial score (nSPS) is 14.0. The van der Waals surface area contributed by atoms with Gasteiger partial charge < -0.3 is 10.2 Å². The zero-order valence-corrected chi connectivity index (χ0v) is 54.6. The fourth-order valence-corrected chi connectivity index (χ4v) is 15.9. The van der Waals surface area contributed by atoms with Gasteiger partial charge in [0.15, 0.2) is 0 Å². The molecule has 0 saturated heterocycles. The SMILES string of the molecule is CCCCCCC1(CCCCCC)c2ccccc2-c2ccc(Nc3ccc(-c4ccc(N(c5ccc(-c6ccc(C(C)(CC(C)C)c7ccccc7)cc6)cc5)c5ccc6c(c5)C(CCCCCC)(CCCCCC)c5ccccc5-6)cc4)cc3)cc21. The summed E-state index contributed by atoms with van der Waals surface area (Å²) in [5.74, 6) is 0.567. The van der Waals surface area contributed by atoms with E-state index in [1.807, 2.05) is 0 Å². The van der Waals surface area contributed by atoms with E-state index in [0.717, 1.165) is 23.5 Å². The van der Waals surface area contributed by atoms with Crippen LogP contribution in [0, 0.1) is 5.92 Å². The maximum absolute atomic E-state index is 3.88. The molecule has 0 aromatic heterocycles.